The van der Waals surface area contributed by atoms with Crippen LogP contribution in [0.15, 0.2) is 78.9 Å². The van der Waals surface area contributed by atoms with Gasteiger partial charge >= 0.3 is 0 Å². The molecule has 3 aromatic carbocycles. The standard InChI is InChI=1S/C18H21NO2.C13H20N2/c1-3-19(4-2)18(21)16-10-8-14(9-11-16)12-15-6-5-7-17(20)13-15;1-11-9-15(12(2)8-14-11)10-13-6-4-3-5-7-13/h5-11,13,20H,3-4,12H2,1-2H3;3-7,11-12,14H,8-10H2,1-2H3/t;11-,12+/m.0/s1. The van der Waals surface area contributed by atoms with E-state index >= 15 is 0 Å². The van der Waals surface area contributed by atoms with E-state index in [0.717, 1.165) is 55.8 Å². The first-order valence-electron chi connectivity index (χ1n) is 13.1. The highest BCUT2D eigenvalue weighted by Gasteiger charge is 2.21. The molecule has 0 spiro atoms. The van der Waals surface area contributed by atoms with Gasteiger partial charge in [-0.3, -0.25) is 9.69 Å². The Bertz CT molecular complexity index is 1060. The zero-order chi connectivity index (χ0) is 25.9. The number of hydrogen-bond acceptors (Lipinski definition) is 4. The number of piperazine rings is 1. The first-order chi connectivity index (χ1) is 17.4. The molecule has 1 heterocycles. The third-order valence-electron chi connectivity index (χ3n) is 6.69. The molecule has 1 saturated heterocycles. The van der Waals surface area contributed by atoms with Gasteiger partial charge in [0.25, 0.3) is 5.91 Å². The molecule has 36 heavy (non-hydrogen) atoms. The van der Waals surface area contributed by atoms with Crippen LogP contribution in [0.4, 0.5) is 0 Å². The quantitative estimate of drug-likeness (QED) is 0.473. The lowest BCUT2D eigenvalue weighted by Crippen LogP contribution is -2.53. The van der Waals surface area contributed by atoms with Gasteiger partial charge in [-0.1, -0.05) is 54.6 Å². The van der Waals surface area contributed by atoms with Crippen LogP contribution in [0.5, 0.6) is 5.75 Å². The predicted octanol–water partition coefficient (Wildman–Crippen LogP) is 5.33. The predicted molar refractivity (Wildman–Crippen MR) is 148 cm³/mol. The second kappa shape index (κ2) is 13.8. The maximum absolute atomic E-state index is 12.2. The van der Waals surface area contributed by atoms with Crippen molar-refractivity contribution in [2.45, 2.75) is 52.7 Å². The van der Waals surface area contributed by atoms with Gasteiger partial charge < -0.3 is 15.3 Å². The summed E-state index contributed by atoms with van der Waals surface area (Å²) in [4.78, 5) is 16.6. The van der Waals surface area contributed by atoms with E-state index in [2.05, 4.69) is 54.4 Å². The van der Waals surface area contributed by atoms with Crippen molar-refractivity contribution in [2.24, 2.45) is 0 Å². The van der Waals surface area contributed by atoms with Crippen LogP contribution in [0, 0.1) is 0 Å². The second-order valence-corrected chi connectivity index (χ2v) is 9.59. The maximum Gasteiger partial charge on any atom is 0.253 e. The molecule has 0 aliphatic carbocycles. The fourth-order valence-corrected chi connectivity index (χ4v) is 4.50. The highest BCUT2D eigenvalue weighted by molar-refractivity contribution is 5.94. The Morgan fingerprint density at radius 3 is 2.22 bits per heavy atom. The van der Waals surface area contributed by atoms with Gasteiger partial charge in [-0.25, -0.2) is 0 Å². The average Bonchev–Trinajstić information content (AvgIpc) is 2.88. The van der Waals surface area contributed by atoms with E-state index in [1.54, 1.807) is 12.1 Å². The Morgan fingerprint density at radius 2 is 1.58 bits per heavy atom. The molecule has 5 nitrogen and oxygen atoms in total. The molecule has 192 valence electrons. The number of carbonyl (C=O) groups excluding carboxylic acids is 1. The van der Waals surface area contributed by atoms with Crippen LogP contribution in [0.25, 0.3) is 0 Å². The van der Waals surface area contributed by atoms with E-state index in [-0.39, 0.29) is 11.7 Å². The molecule has 2 N–H and O–H groups in total. The lowest BCUT2D eigenvalue weighted by atomic mass is 10.0. The van der Waals surface area contributed by atoms with E-state index < -0.39 is 0 Å². The first-order valence-corrected chi connectivity index (χ1v) is 13.1. The first kappa shape index (κ1) is 27.4. The highest BCUT2D eigenvalue weighted by atomic mass is 16.3. The molecule has 1 amide bonds. The molecule has 0 radical (unpaired) electrons. The Kier molecular flexibility index (Phi) is 10.5. The molecule has 0 aromatic heterocycles. The van der Waals surface area contributed by atoms with E-state index in [0.29, 0.717) is 12.1 Å². The van der Waals surface area contributed by atoms with Crippen molar-refractivity contribution in [3.8, 4) is 5.75 Å². The van der Waals surface area contributed by atoms with Crippen molar-refractivity contribution >= 4 is 5.91 Å². The number of rotatable bonds is 7. The van der Waals surface area contributed by atoms with Crippen molar-refractivity contribution in [1.82, 2.24) is 15.1 Å². The average molecular weight is 488 g/mol. The number of phenols is 1. The molecule has 3 aromatic rings. The van der Waals surface area contributed by atoms with Crippen molar-refractivity contribution in [1.29, 1.82) is 0 Å². The van der Waals surface area contributed by atoms with Crippen LogP contribution >= 0.6 is 0 Å². The zero-order valence-corrected chi connectivity index (χ0v) is 22.2. The summed E-state index contributed by atoms with van der Waals surface area (Å²) in [6.07, 6.45) is 0.744. The third-order valence-corrected chi connectivity index (χ3v) is 6.69. The van der Waals surface area contributed by atoms with E-state index in [4.69, 9.17) is 0 Å². The normalized spacial score (nSPS) is 17.7. The number of phenolic OH excluding ortho intramolecular Hbond substituents is 1. The van der Waals surface area contributed by atoms with Gasteiger partial charge in [0, 0.05) is 50.4 Å². The number of carbonyl (C=O) groups is 1. The molecule has 1 fully saturated rings. The minimum atomic E-state index is 0.0731. The fraction of sp³-hybridized carbons (Fsp3) is 0.387. The highest BCUT2D eigenvalue weighted by Crippen LogP contribution is 2.16. The lowest BCUT2D eigenvalue weighted by molar-refractivity contribution is 0.0773. The zero-order valence-electron chi connectivity index (χ0n) is 22.2. The smallest absolute Gasteiger partial charge is 0.253 e. The number of aromatic hydroxyl groups is 1. The number of nitrogens with one attached hydrogen (secondary N) is 1. The third kappa shape index (κ3) is 8.21. The summed E-state index contributed by atoms with van der Waals surface area (Å²) >= 11 is 0. The molecule has 0 saturated carbocycles. The van der Waals surface area contributed by atoms with E-state index in [1.807, 2.05) is 55.1 Å². The molecule has 0 bridgehead atoms. The maximum atomic E-state index is 12.2. The van der Waals surface area contributed by atoms with Crippen LogP contribution < -0.4 is 5.32 Å². The van der Waals surface area contributed by atoms with Crippen molar-refractivity contribution in [3.63, 3.8) is 0 Å². The summed E-state index contributed by atoms with van der Waals surface area (Å²) in [5.41, 5.74) is 4.31. The Hall–Kier alpha value is -3.15. The minimum Gasteiger partial charge on any atom is -0.508 e. The summed E-state index contributed by atoms with van der Waals surface area (Å²) in [7, 11) is 0. The van der Waals surface area contributed by atoms with Crippen LogP contribution in [0.2, 0.25) is 0 Å². The van der Waals surface area contributed by atoms with E-state index in [1.165, 1.54) is 5.56 Å². The van der Waals surface area contributed by atoms with Crippen LogP contribution in [0.1, 0.15) is 54.7 Å². The molecule has 1 aliphatic rings. The fourth-order valence-electron chi connectivity index (χ4n) is 4.50. The van der Waals surface area contributed by atoms with Crippen LogP contribution in [-0.4, -0.2) is 59.1 Å². The molecule has 2 atom stereocenters. The summed E-state index contributed by atoms with van der Waals surface area (Å²) in [5, 5.41) is 13.0. The number of benzene rings is 3. The molecular weight excluding hydrogens is 446 g/mol. The topological polar surface area (TPSA) is 55.8 Å². The minimum absolute atomic E-state index is 0.0731. The molecule has 0 unspecified atom stereocenters. The Labute approximate surface area is 216 Å². The number of hydrogen-bond donors (Lipinski definition) is 2. The van der Waals surface area contributed by atoms with E-state index in [9.17, 15) is 9.90 Å². The Balaban J connectivity index is 0.000000212. The van der Waals surface area contributed by atoms with Gasteiger partial charge in [0.15, 0.2) is 0 Å². The molecular formula is C31H41N3O2. The Morgan fingerprint density at radius 1 is 0.917 bits per heavy atom. The molecule has 1 aliphatic heterocycles. The summed E-state index contributed by atoms with van der Waals surface area (Å²) < 4.78 is 0. The van der Waals surface area contributed by atoms with Gasteiger partial charge in [0.1, 0.15) is 5.75 Å². The van der Waals surface area contributed by atoms with Crippen molar-refractivity contribution < 1.29 is 9.90 Å². The van der Waals surface area contributed by atoms with Crippen LogP contribution in [0.3, 0.4) is 0 Å². The van der Waals surface area contributed by atoms with Crippen molar-refractivity contribution in [3.05, 3.63) is 101 Å². The monoisotopic (exact) mass is 487 g/mol. The van der Waals surface area contributed by atoms with Crippen LogP contribution in [-0.2, 0) is 13.0 Å². The molecule has 4 rings (SSSR count). The number of nitrogens with zero attached hydrogens (tertiary/aromatic N) is 2. The second-order valence-electron chi connectivity index (χ2n) is 9.59. The SMILES string of the molecule is CCN(CC)C(=O)c1ccc(Cc2cccc(O)c2)cc1.C[C@@H]1CN[C@@H](C)CN1Cc1ccccc1. The summed E-state index contributed by atoms with van der Waals surface area (Å²) in [6.45, 7) is 13.3. The largest absolute Gasteiger partial charge is 0.508 e. The van der Waals surface area contributed by atoms with Crippen molar-refractivity contribution in [2.75, 3.05) is 26.2 Å². The number of amides is 1. The van der Waals surface area contributed by atoms with Gasteiger partial charge in [-0.05, 0) is 75.1 Å². The summed E-state index contributed by atoms with van der Waals surface area (Å²) in [6, 6.07) is 26.9. The summed E-state index contributed by atoms with van der Waals surface area (Å²) in [5.74, 6) is 0.352. The van der Waals surface area contributed by atoms with Gasteiger partial charge in [0.05, 0.1) is 0 Å². The lowest BCUT2D eigenvalue weighted by Gasteiger charge is -2.37. The van der Waals surface area contributed by atoms with Gasteiger partial charge in [-0.2, -0.15) is 0 Å². The van der Waals surface area contributed by atoms with Gasteiger partial charge in [-0.15, -0.1) is 0 Å². The van der Waals surface area contributed by atoms with Gasteiger partial charge in [0.2, 0.25) is 0 Å². The molecule has 5 heteroatoms.